The number of piperidine rings is 1. The molecule has 0 unspecified atom stereocenters. The van der Waals surface area contributed by atoms with E-state index in [-0.39, 0.29) is 35.3 Å². The Hall–Kier alpha value is -3.18. The van der Waals surface area contributed by atoms with Crippen molar-refractivity contribution in [2.75, 3.05) is 32.6 Å². The molecule has 11 heteroatoms. The molecule has 0 spiro atoms. The van der Waals surface area contributed by atoms with E-state index in [0.29, 0.717) is 29.8 Å². The predicted octanol–water partition coefficient (Wildman–Crippen LogP) is 2.96. The molecule has 2 aromatic rings. The van der Waals surface area contributed by atoms with Crippen molar-refractivity contribution in [3.05, 3.63) is 52.1 Å². The zero-order valence-corrected chi connectivity index (χ0v) is 18.8. The van der Waals surface area contributed by atoms with Crippen LogP contribution in [0.5, 0.6) is 11.5 Å². The third-order valence-electron chi connectivity index (χ3n) is 5.50. The lowest BCUT2D eigenvalue weighted by molar-refractivity contribution is -0.385. The number of amides is 1. The summed E-state index contributed by atoms with van der Waals surface area (Å²) < 4.78 is 38.3. The van der Waals surface area contributed by atoms with Crippen molar-refractivity contribution in [2.24, 2.45) is 5.92 Å². The van der Waals surface area contributed by atoms with Gasteiger partial charge in [-0.3, -0.25) is 14.9 Å². The lowest BCUT2D eigenvalue weighted by Gasteiger charge is -2.31. The minimum absolute atomic E-state index is 0.0114. The van der Waals surface area contributed by atoms with Crippen LogP contribution >= 0.6 is 0 Å². The molecule has 172 valence electrons. The number of nitro benzene ring substituents is 1. The number of anilines is 1. The first-order valence-corrected chi connectivity index (χ1v) is 11.4. The molecule has 1 atom stereocenters. The van der Waals surface area contributed by atoms with Crippen molar-refractivity contribution in [1.82, 2.24) is 4.31 Å². The molecule has 2 aromatic carbocycles. The van der Waals surface area contributed by atoms with Crippen molar-refractivity contribution in [1.29, 1.82) is 0 Å². The summed E-state index contributed by atoms with van der Waals surface area (Å²) in [4.78, 5) is 23.5. The van der Waals surface area contributed by atoms with Crippen LogP contribution in [0.4, 0.5) is 11.4 Å². The van der Waals surface area contributed by atoms with Crippen LogP contribution in [-0.2, 0) is 14.8 Å². The Morgan fingerprint density at radius 2 is 1.97 bits per heavy atom. The van der Waals surface area contributed by atoms with Gasteiger partial charge in [-0.25, -0.2) is 8.42 Å². The van der Waals surface area contributed by atoms with E-state index in [4.69, 9.17) is 9.47 Å². The summed E-state index contributed by atoms with van der Waals surface area (Å²) in [6.07, 6.45) is 0.999. The maximum absolute atomic E-state index is 13.3. The second-order valence-corrected chi connectivity index (χ2v) is 9.32. The largest absolute Gasteiger partial charge is 0.497 e. The fourth-order valence-electron chi connectivity index (χ4n) is 3.69. The van der Waals surface area contributed by atoms with Crippen molar-refractivity contribution >= 4 is 27.3 Å². The van der Waals surface area contributed by atoms with Gasteiger partial charge in [0.05, 0.1) is 36.3 Å². The summed E-state index contributed by atoms with van der Waals surface area (Å²) in [6.45, 7) is 1.81. The van der Waals surface area contributed by atoms with Crippen LogP contribution < -0.4 is 14.8 Å². The normalized spacial score (nSPS) is 16.9. The number of ether oxygens (including phenoxy) is 2. The number of nitrogens with zero attached hydrogens (tertiary/aromatic N) is 2. The maximum Gasteiger partial charge on any atom is 0.274 e. The molecule has 0 aromatic heterocycles. The average Bonchev–Trinajstić information content (AvgIpc) is 2.79. The molecule has 1 aliphatic rings. The number of carbonyl (C=O) groups excluding carboxylic acids is 1. The Bertz CT molecular complexity index is 1130. The van der Waals surface area contributed by atoms with Gasteiger partial charge >= 0.3 is 0 Å². The summed E-state index contributed by atoms with van der Waals surface area (Å²) >= 11 is 0. The van der Waals surface area contributed by atoms with Gasteiger partial charge in [-0.15, -0.1) is 0 Å². The van der Waals surface area contributed by atoms with E-state index < -0.39 is 20.9 Å². The first-order chi connectivity index (χ1) is 15.2. The van der Waals surface area contributed by atoms with Crippen LogP contribution in [0.1, 0.15) is 18.4 Å². The highest BCUT2D eigenvalue weighted by atomic mass is 32.2. The number of benzene rings is 2. The topological polar surface area (TPSA) is 128 Å². The molecular formula is C21H25N3O7S. The highest BCUT2D eigenvalue weighted by Crippen LogP contribution is 2.33. The fraction of sp³-hybridized carbons (Fsp3) is 0.381. The summed E-state index contributed by atoms with van der Waals surface area (Å²) in [5, 5.41) is 13.9. The van der Waals surface area contributed by atoms with Crippen LogP contribution in [0.3, 0.4) is 0 Å². The van der Waals surface area contributed by atoms with Crippen molar-refractivity contribution in [3.63, 3.8) is 0 Å². The number of carbonyl (C=O) groups is 1. The van der Waals surface area contributed by atoms with E-state index in [1.807, 2.05) is 0 Å². The van der Waals surface area contributed by atoms with Gasteiger partial charge in [-0.2, -0.15) is 4.31 Å². The highest BCUT2D eigenvalue weighted by molar-refractivity contribution is 7.89. The molecule has 1 N–H and O–H groups in total. The maximum atomic E-state index is 13.3. The molecule has 10 nitrogen and oxygen atoms in total. The number of methoxy groups -OCH3 is 2. The lowest BCUT2D eigenvalue weighted by atomic mass is 9.98. The first-order valence-electron chi connectivity index (χ1n) is 9.96. The Labute approximate surface area is 186 Å². The quantitative estimate of drug-likeness (QED) is 0.494. The van der Waals surface area contributed by atoms with Crippen LogP contribution in [-0.4, -0.2) is 50.9 Å². The van der Waals surface area contributed by atoms with E-state index in [1.54, 1.807) is 19.1 Å². The third-order valence-corrected chi connectivity index (χ3v) is 7.39. The second kappa shape index (κ2) is 9.53. The van der Waals surface area contributed by atoms with Crippen molar-refractivity contribution in [3.8, 4) is 11.5 Å². The van der Waals surface area contributed by atoms with Gasteiger partial charge in [0.2, 0.25) is 15.9 Å². The summed E-state index contributed by atoms with van der Waals surface area (Å²) in [5.41, 5.74) is 0.576. The summed E-state index contributed by atoms with van der Waals surface area (Å²) in [5.74, 6) is -0.429. The van der Waals surface area contributed by atoms with Gasteiger partial charge in [0.1, 0.15) is 16.4 Å². The van der Waals surface area contributed by atoms with E-state index in [1.165, 1.54) is 42.8 Å². The average molecular weight is 464 g/mol. The summed E-state index contributed by atoms with van der Waals surface area (Å²) in [7, 11) is -1.12. The molecule has 1 heterocycles. The fourth-order valence-corrected chi connectivity index (χ4v) is 5.39. The number of nitrogens with one attached hydrogen (secondary N) is 1. The van der Waals surface area contributed by atoms with Gasteiger partial charge in [0, 0.05) is 25.2 Å². The molecule has 1 saturated heterocycles. The standard InChI is InChI=1S/C21H25N3O7S/c1-14-17(7-4-8-18(14)24(26)27)22-21(25)15-6-5-11-23(13-15)32(28,29)20-12-16(30-2)9-10-19(20)31-3/h4,7-10,12,15H,5-6,11,13H2,1-3H3,(H,22,25)/t15-/m0/s1. The first kappa shape index (κ1) is 23.5. The molecule has 0 bridgehead atoms. The Morgan fingerprint density at radius 1 is 1.22 bits per heavy atom. The highest BCUT2D eigenvalue weighted by Gasteiger charge is 2.35. The monoisotopic (exact) mass is 463 g/mol. The number of rotatable bonds is 7. The lowest BCUT2D eigenvalue weighted by Crippen LogP contribution is -2.43. The van der Waals surface area contributed by atoms with Crippen molar-refractivity contribution < 1.29 is 27.6 Å². The molecule has 1 amide bonds. The molecule has 0 radical (unpaired) electrons. The van der Waals surface area contributed by atoms with Gasteiger partial charge < -0.3 is 14.8 Å². The molecule has 0 aliphatic carbocycles. The molecule has 32 heavy (non-hydrogen) atoms. The predicted molar refractivity (Wildman–Crippen MR) is 117 cm³/mol. The van der Waals surface area contributed by atoms with E-state index >= 15 is 0 Å². The molecule has 3 rings (SSSR count). The van der Waals surface area contributed by atoms with Crippen LogP contribution in [0.25, 0.3) is 0 Å². The van der Waals surface area contributed by atoms with Gasteiger partial charge in [0.15, 0.2) is 0 Å². The minimum atomic E-state index is -3.94. The molecule has 1 fully saturated rings. The van der Waals surface area contributed by atoms with E-state index in [2.05, 4.69) is 5.32 Å². The molecule has 1 aliphatic heterocycles. The van der Waals surface area contributed by atoms with Crippen LogP contribution in [0.2, 0.25) is 0 Å². The van der Waals surface area contributed by atoms with Gasteiger partial charge in [-0.05, 0) is 38.0 Å². The summed E-state index contributed by atoms with van der Waals surface area (Å²) in [6, 6.07) is 8.95. The van der Waals surface area contributed by atoms with Gasteiger partial charge in [0.25, 0.3) is 5.69 Å². The number of hydrogen-bond acceptors (Lipinski definition) is 7. The number of sulfonamides is 1. The Kier molecular flexibility index (Phi) is 6.99. The van der Waals surface area contributed by atoms with Crippen molar-refractivity contribution in [2.45, 2.75) is 24.7 Å². The zero-order valence-electron chi connectivity index (χ0n) is 18.0. The molecular weight excluding hydrogens is 438 g/mol. The Balaban J connectivity index is 1.82. The number of hydrogen-bond donors (Lipinski definition) is 1. The minimum Gasteiger partial charge on any atom is -0.497 e. The number of nitro groups is 1. The van der Waals surface area contributed by atoms with Gasteiger partial charge in [-0.1, -0.05) is 6.07 Å². The third kappa shape index (κ3) is 4.68. The van der Waals surface area contributed by atoms with E-state index in [0.717, 1.165) is 0 Å². The van der Waals surface area contributed by atoms with E-state index in [9.17, 15) is 23.3 Å². The smallest absolute Gasteiger partial charge is 0.274 e. The molecule has 0 saturated carbocycles. The second-order valence-electron chi connectivity index (χ2n) is 7.42. The Morgan fingerprint density at radius 3 is 2.62 bits per heavy atom. The SMILES string of the molecule is COc1ccc(OC)c(S(=O)(=O)N2CCC[C@H](C(=O)Nc3cccc([N+](=O)[O-])c3C)C2)c1. The van der Waals surface area contributed by atoms with Crippen LogP contribution in [0.15, 0.2) is 41.3 Å². The van der Waals surface area contributed by atoms with Crippen LogP contribution in [0, 0.1) is 23.0 Å². The zero-order chi connectivity index (χ0) is 23.5.